The van der Waals surface area contributed by atoms with Crippen LogP contribution >= 0.6 is 0 Å². The van der Waals surface area contributed by atoms with Crippen molar-refractivity contribution >= 4 is 11.7 Å². The van der Waals surface area contributed by atoms with Gasteiger partial charge in [-0.3, -0.25) is 4.79 Å². The molecule has 2 aliphatic rings. The van der Waals surface area contributed by atoms with Crippen molar-refractivity contribution in [2.45, 2.75) is 25.9 Å². The van der Waals surface area contributed by atoms with Gasteiger partial charge in [0.15, 0.2) is 0 Å². The van der Waals surface area contributed by atoms with Gasteiger partial charge in [0.05, 0.1) is 0 Å². The van der Waals surface area contributed by atoms with E-state index in [1.807, 2.05) is 17.9 Å². The number of hydrogen-bond acceptors (Lipinski definition) is 5. The summed E-state index contributed by atoms with van der Waals surface area (Å²) in [5.41, 5.74) is 0. The summed E-state index contributed by atoms with van der Waals surface area (Å²) < 4.78 is 5.47. The van der Waals surface area contributed by atoms with E-state index in [0.717, 1.165) is 57.3 Å². The summed E-state index contributed by atoms with van der Waals surface area (Å²) in [6.45, 7) is 5.71. The number of anilines is 1. The van der Waals surface area contributed by atoms with Crippen LogP contribution in [0.1, 0.15) is 18.7 Å². The van der Waals surface area contributed by atoms with Crippen molar-refractivity contribution in [3.05, 3.63) is 18.1 Å². The van der Waals surface area contributed by atoms with Gasteiger partial charge in [-0.1, -0.05) is 0 Å². The highest BCUT2D eigenvalue weighted by molar-refractivity contribution is 5.81. The second-order valence-electron chi connectivity index (χ2n) is 5.28. The number of amides is 1. The number of carbonyl (C=O) groups excluding carboxylic acids is 1. The van der Waals surface area contributed by atoms with E-state index in [2.05, 4.69) is 14.9 Å². The number of aromatic nitrogens is 2. The van der Waals surface area contributed by atoms with Crippen LogP contribution in [-0.2, 0) is 9.53 Å². The first-order valence-electron chi connectivity index (χ1n) is 7.19. The zero-order valence-electron chi connectivity index (χ0n) is 11.8. The summed E-state index contributed by atoms with van der Waals surface area (Å²) in [6, 6.07) is 1.92. The van der Waals surface area contributed by atoms with Crippen LogP contribution in [-0.4, -0.2) is 59.7 Å². The van der Waals surface area contributed by atoms with Crippen LogP contribution < -0.4 is 4.90 Å². The summed E-state index contributed by atoms with van der Waals surface area (Å²) >= 11 is 0. The lowest BCUT2D eigenvalue weighted by Crippen LogP contribution is -2.51. The highest BCUT2D eigenvalue weighted by Crippen LogP contribution is 2.18. The van der Waals surface area contributed by atoms with E-state index in [4.69, 9.17) is 4.74 Å². The fourth-order valence-electron chi connectivity index (χ4n) is 2.75. The molecule has 1 aromatic rings. The van der Waals surface area contributed by atoms with Gasteiger partial charge in [-0.15, -0.1) is 0 Å². The Bertz CT molecular complexity index is 480. The molecule has 0 spiro atoms. The lowest BCUT2D eigenvalue weighted by Gasteiger charge is -2.36. The molecule has 1 atom stereocenters. The van der Waals surface area contributed by atoms with Crippen molar-refractivity contribution < 1.29 is 9.53 Å². The Labute approximate surface area is 118 Å². The molecule has 0 aromatic carbocycles. The van der Waals surface area contributed by atoms with Gasteiger partial charge in [0.2, 0.25) is 0 Å². The smallest absolute Gasteiger partial charge is 0.251 e. The van der Waals surface area contributed by atoms with E-state index in [0.29, 0.717) is 0 Å². The molecule has 0 unspecified atom stereocenters. The average Bonchev–Trinajstić information content (AvgIpc) is 3.01. The Hall–Kier alpha value is -1.69. The fraction of sp³-hybridized carbons (Fsp3) is 0.643. The molecule has 0 aliphatic carbocycles. The Kier molecular flexibility index (Phi) is 3.82. The Balaban J connectivity index is 1.58. The maximum Gasteiger partial charge on any atom is 0.251 e. The zero-order chi connectivity index (χ0) is 13.9. The van der Waals surface area contributed by atoms with Crippen molar-refractivity contribution in [3.8, 4) is 0 Å². The summed E-state index contributed by atoms with van der Waals surface area (Å²) in [6.07, 6.45) is 3.44. The molecule has 0 saturated carbocycles. The molecule has 3 rings (SSSR count). The van der Waals surface area contributed by atoms with E-state index in [1.54, 1.807) is 6.20 Å². The van der Waals surface area contributed by atoms with Crippen LogP contribution in [0.15, 0.2) is 12.3 Å². The molecule has 6 heteroatoms. The standard InChI is InChI=1S/C14H20N4O2/c1-11-15-5-4-13(16-11)17-6-8-18(9-7-17)14(19)12-3-2-10-20-12/h4-5,12H,2-3,6-10H2,1H3/t12-/m0/s1. The average molecular weight is 276 g/mol. The number of carbonyl (C=O) groups is 1. The predicted octanol–water partition coefficient (Wildman–Crippen LogP) is 0.613. The lowest BCUT2D eigenvalue weighted by molar-refractivity contribution is -0.141. The Morgan fingerprint density at radius 2 is 2.15 bits per heavy atom. The zero-order valence-corrected chi connectivity index (χ0v) is 11.8. The molecule has 1 amide bonds. The fourth-order valence-corrected chi connectivity index (χ4v) is 2.75. The highest BCUT2D eigenvalue weighted by Gasteiger charge is 2.30. The number of nitrogens with zero attached hydrogens (tertiary/aromatic N) is 4. The summed E-state index contributed by atoms with van der Waals surface area (Å²) in [4.78, 5) is 24.9. The van der Waals surface area contributed by atoms with Crippen LogP contribution in [0.5, 0.6) is 0 Å². The molecular formula is C14H20N4O2. The molecule has 1 aromatic heterocycles. The number of ether oxygens (including phenoxy) is 1. The molecule has 2 saturated heterocycles. The molecule has 0 N–H and O–H groups in total. The lowest BCUT2D eigenvalue weighted by atomic mass is 10.2. The number of aryl methyl sites for hydroxylation is 1. The maximum atomic E-state index is 12.3. The molecule has 3 heterocycles. The molecular weight excluding hydrogens is 256 g/mol. The third kappa shape index (κ3) is 2.75. The first-order chi connectivity index (χ1) is 9.74. The van der Waals surface area contributed by atoms with Crippen LogP contribution in [0.2, 0.25) is 0 Å². The summed E-state index contributed by atoms with van der Waals surface area (Å²) in [7, 11) is 0. The van der Waals surface area contributed by atoms with Gasteiger partial charge in [0.25, 0.3) is 5.91 Å². The third-order valence-corrected chi connectivity index (χ3v) is 3.88. The molecule has 0 radical (unpaired) electrons. The topological polar surface area (TPSA) is 58.6 Å². The van der Waals surface area contributed by atoms with Crippen LogP contribution in [0, 0.1) is 6.92 Å². The Morgan fingerprint density at radius 1 is 1.35 bits per heavy atom. The second-order valence-corrected chi connectivity index (χ2v) is 5.28. The summed E-state index contributed by atoms with van der Waals surface area (Å²) in [5, 5.41) is 0. The minimum Gasteiger partial charge on any atom is -0.368 e. The quantitative estimate of drug-likeness (QED) is 0.792. The van der Waals surface area contributed by atoms with Gasteiger partial charge < -0.3 is 14.5 Å². The minimum atomic E-state index is -0.206. The Morgan fingerprint density at radius 3 is 2.80 bits per heavy atom. The normalized spacial score (nSPS) is 23.1. The van der Waals surface area contributed by atoms with Gasteiger partial charge >= 0.3 is 0 Å². The van der Waals surface area contributed by atoms with Gasteiger partial charge in [-0.2, -0.15) is 0 Å². The molecule has 6 nitrogen and oxygen atoms in total. The molecule has 2 fully saturated rings. The highest BCUT2D eigenvalue weighted by atomic mass is 16.5. The first kappa shape index (κ1) is 13.3. The van der Waals surface area contributed by atoms with Gasteiger partial charge in [0, 0.05) is 39.0 Å². The number of piperazine rings is 1. The van der Waals surface area contributed by atoms with Crippen LogP contribution in [0.3, 0.4) is 0 Å². The summed E-state index contributed by atoms with van der Waals surface area (Å²) in [5.74, 6) is 1.88. The maximum absolute atomic E-state index is 12.3. The van der Waals surface area contributed by atoms with Crippen molar-refractivity contribution in [1.82, 2.24) is 14.9 Å². The van der Waals surface area contributed by atoms with Crippen molar-refractivity contribution in [2.75, 3.05) is 37.7 Å². The molecule has 0 bridgehead atoms. The van der Waals surface area contributed by atoms with Gasteiger partial charge in [-0.25, -0.2) is 9.97 Å². The van der Waals surface area contributed by atoms with E-state index < -0.39 is 0 Å². The third-order valence-electron chi connectivity index (χ3n) is 3.88. The number of rotatable bonds is 2. The molecule has 108 valence electrons. The van der Waals surface area contributed by atoms with Crippen molar-refractivity contribution in [3.63, 3.8) is 0 Å². The van der Waals surface area contributed by atoms with E-state index in [-0.39, 0.29) is 12.0 Å². The van der Waals surface area contributed by atoms with E-state index in [1.165, 1.54) is 0 Å². The number of hydrogen-bond donors (Lipinski definition) is 0. The van der Waals surface area contributed by atoms with Crippen molar-refractivity contribution in [2.24, 2.45) is 0 Å². The predicted molar refractivity (Wildman–Crippen MR) is 74.5 cm³/mol. The minimum absolute atomic E-state index is 0.154. The van der Waals surface area contributed by atoms with E-state index >= 15 is 0 Å². The largest absolute Gasteiger partial charge is 0.368 e. The molecule has 2 aliphatic heterocycles. The SMILES string of the molecule is Cc1nccc(N2CCN(C(=O)[C@@H]3CCCO3)CC2)n1. The van der Waals surface area contributed by atoms with Gasteiger partial charge in [0.1, 0.15) is 17.7 Å². The first-order valence-corrected chi connectivity index (χ1v) is 7.19. The van der Waals surface area contributed by atoms with Gasteiger partial charge in [-0.05, 0) is 25.8 Å². The van der Waals surface area contributed by atoms with Crippen molar-refractivity contribution in [1.29, 1.82) is 0 Å². The van der Waals surface area contributed by atoms with E-state index in [9.17, 15) is 4.79 Å². The second kappa shape index (κ2) is 5.75. The monoisotopic (exact) mass is 276 g/mol. The van der Waals surface area contributed by atoms with Crippen LogP contribution in [0.4, 0.5) is 5.82 Å². The molecule has 20 heavy (non-hydrogen) atoms. The van der Waals surface area contributed by atoms with Crippen LogP contribution in [0.25, 0.3) is 0 Å².